The molecule has 0 aliphatic heterocycles. The fraction of sp³-hybridized carbons (Fsp3) is 0.852. The predicted molar refractivity (Wildman–Crippen MR) is 156 cm³/mol. The number of rotatable bonds is 4. The Bertz CT molecular complexity index is 681. The van der Waals surface area contributed by atoms with Gasteiger partial charge in [0.05, 0.1) is 1.37 Å². The summed E-state index contributed by atoms with van der Waals surface area (Å²) in [4.78, 5) is 39.0. The minimum atomic E-state index is -1.58. The number of carbonyl (C=O) groups excluding carboxylic acids is 3. The first-order valence-corrected chi connectivity index (χ1v) is 11.6. The topological polar surface area (TPSA) is 212 Å². The fourth-order valence-corrected chi connectivity index (χ4v) is 3.20. The zero-order valence-electron chi connectivity index (χ0n) is 29.3. The number of carboxylic acid groups (broad SMARTS) is 1. The van der Waals surface area contributed by atoms with E-state index in [1.54, 1.807) is 0 Å². The van der Waals surface area contributed by atoms with Gasteiger partial charge in [-0.05, 0) is 33.5 Å². The fourth-order valence-electron chi connectivity index (χ4n) is 3.20. The molecule has 11 nitrogen and oxygen atoms in total. The summed E-state index contributed by atoms with van der Waals surface area (Å²) in [5, 5.41) is 7.08. The summed E-state index contributed by atoms with van der Waals surface area (Å²) in [6.45, 7) is 29.0. The number of carbonyl (C=O) groups is 4. The van der Waals surface area contributed by atoms with Crippen LogP contribution < -0.4 is 103 Å². The van der Waals surface area contributed by atoms with Gasteiger partial charge in [-0.1, -0.05) is 104 Å². The van der Waals surface area contributed by atoms with Gasteiger partial charge in [0.1, 0.15) is 12.2 Å². The Labute approximate surface area is 333 Å². The molecule has 0 aromatic carbocycles. The molecule has 6 N–H and O–H groups in total. The van der Waals surface area contributed by atoms with Gasteiger partial charge >= 0.3 is 103 Å². The number of hydrogen-bond donors (Lipinski definition) is 1. The summed E-state index contributed by atoms with van der Waals surface area (Å²) in [6, 6.07) is 0. The van der Waals surface area contributed by atoms with Crippen LogP contribution in [0.5, 0.6) is 0 Å². The van der Waals surface area contributed by atoms with E-state index in [4.69, 9.17) is 44.1 Å². The minimum Gasteiger partial charge on any atom is -0.693 e. The van der Waals surface area contributed by atoms with E-state index < -0.39 is 25.0 Å². The van der Waals surface area contributed by atoms with Gasteiger partial charge in [-0.15, -0.1) is 0 Å². The Morgan fingerprint density at radius 2 is 0.850 bits per heavy atom. The van der Waals surface area contributed by atoms with Gasteiger partial charge in [-0.25, -0.2) is 0 Å². The Balaban J connectivity index is -0.0000000677. The van der Waals surface area contributed by atoms with Crippen molar-refractivity contribution in [3.8, 4) is 0 Å². The summed E-state index contributed by atoms with van der Waals surface area (Å²) in [5.41, 5.74) is 19.3. The molecule has 0 fully saturated rings. The average Bonchev–Trinajstić information content (AvgIpc) is 2.59. The predicted octanol–water partition coefficient (Wildman–Crippen LogP) is 3.80. The molecule has 4 atom stereocenters. The third-order valence-corrected chi connectivity index (χ3v) is 5.82. The third kappa shape index (κ3) is 33.2. The van der Waals surface area contributed by atoms with Gasteiger partial charge in [0, 0.05) is 6.39 Å². The molecule has 0 aliphatic rings. The largest absolute Gasteiger partial charge is 1.00 e. The van der Waals surface area contributed by atoms with E-state index in [2.05, 4.69) is 55.4 Å². The van der Waals surface area contributed by atoms with E-state index in [9.17, 15) is 9.59 Å². The zero-order valence-corrected chi connectivity index (χ0v) is 33.5. The van der Waals surface area contributed by atoms with Crippen LogP contribution in [0.25, 0.3) is 23.4 Å². The van der Waals surface area contributed by atoms with E-state index >= 15 is 0 Å². The number of nitrogens with one attached hydrogen (secondary N) is 3. The van der Waals surface area contributed by atoms with Gasteiger partial charge < -0.3 is 42.7 Å². The van der Waals surface area contributed by atoms with E-state index in [1.165, 1.54) is 0 Å². The molecule has 0 radical (unpaired) electrons. The van der Waals surface area contributed by atoms with Gasteiger partial charge in [0.15, 0.2) is 1.37 Å². The Morgan fingerprint density at radius 1 is 0.700 bits per heavy atom. The van der Waals surface area contributed by atoms with Crippen LogP contribution >= 0.6 is 0 Å². The summed E-state index contributed by atoms with van der Waals surface area (Å²) in [7, 11) is 0. The second-order valence-electron chi connectivity index (χ2n) is 12.9. The normalized spacial score (nSPS) is 14.1. The van der Waals surface area contributed by atoms with Crippen LogP contribution in [0.1, 0.15) is 107 Å². The smallest absolute Gasteiger partial charge is 0.693 e. The summed E-state index contributed by atoms with van der Waals surface area (Å²) in [5.74, 6) is 0.429. The van der Waals surface area contributed by atoms with Gasteiger partial charge in [-0.2, -0.15) is 0 Å². The molecule has 0 saturated heterocycles. The first kappa shape index (κ1) is 53.3. The molecule has 0 bridgehead atoms. The molecule has 0 rings (SSSR count). The summed E-state index contributed by atoms with van der Waals surface area (Å²) < 4.78 is 21.4. The van der Waals surface area contributed by atoms with Crippen LogP contribution in [-0.4, -0.2) is 42.3 Å². The quantitative estimate of drug-likeness (QED) is 0.357. The molecule has 0 saturated carbocycles. The van der Waals surface area contributed by atoms with Crippen molar-refractivity contribution in [1.82, 2.24) is 0 Å². The molecular weight excluding hydrogens is 571 g/mol. The molecule has 2 unspecified atom stereocenters. The van der Waals surface area contributed by atoms with E-state index in [0.717, 1.165) is 0 Å². The van der Waals surface area contributed by atoms with Crippen LogP contribution in [0.4, 0.5) is 9.59 Å². The van der Waals surface area contributed by atoms with Crippen molar-refractivity contribution in [3.63, 3.8) is 0 Å². The second kappa shape index (κ2) is 27.3. The van der Waals surface area contributed by atoms with Crippen molar-refractivity contribution in [1.29, 1.82) is 0 Å². The summed E-state index contributed by atoms with van der Waals surface area (Å²) in [6.07, 6.45) is -5.23. The maximum atomic E-state index is 10.8. The van der Waals surface area contributed by atoms with E-state index in [1.807, 2.05) is 41.5 Å². The van der Waals surface area contributed by atoms with Gasteiger partial charge in [0.25, 0.3) is 6.45 Å². The molecule has 0 aliphatic carbocycles. The maximum Gasteiger partial charge on any atom is 1.00 e. The maximum absolute atomic E-state index is 10.8. The van der Waals surface area contributed by atoms with Gasteiger partial charge in [0.2, 0.25) is 12.2 Å². The van der Waals surface area contributed by atoms with Crippen molar-refractivity contribution >= 4 is 25.0 Å². The molecule has 0 aromatic rings. The van der Waals surface area contributed by atoms with Crippen molar-refractivity contribution in [2.75, 3.05) is 0 Å². The van der Waals surface area contributed by atoms with Crippen LogP contribution in [0.3, 0.4) is 0 Å². The monoisotopic (exact) mass is 632 g/mol. The van der Waals surface area contributed by atoms with Crippen molar-refractivity contribution < 1.29 is 139 Å². The number of nitrogens with two attached hydrogens (primary N) is 1. The number of hydrogen-bond acceptors (Lipinski definition) is 6. The van der Waals surface area contributed by atoms with Crippen LogP contribution in [0.2, 0.25) is 0 Å². The molecule has 232 valence electrons. The minimum absolute atomic E-state index is 0. The zero-order chi connectivity index (χ0) is 32.0. The first-order valence-electron chi connectivity index (χ1n) is 12.6. The molecule has 13 heteroatoms. The SMILES string of the molecule is C.C[C@H](C(OC([NH-])=O)C(C)(C)C)C(C)(C)C.C[C@H](C(OC([NH-])=O)C(C)(C)C)C(C)(C)C.[3H]C(=O)O.[3H]C([NH-])=O.[K+].[K+].[NH2-]. The van der Waals surface area contributed by atoms with Crippen LogP contribution in [-0.2, 0) is 19.1 Å². The van der Waals surface area contributed by atoms with Crippen LogP contribution in [0.15, 0.2) is 0 Å². The van der Waals surface area contributed by atoms with Gasteiger partial charge in [-0.3, -0.25) is 14.4 Å². The number of amides is 3. The molecule has 0 aromatic heterocycles. The van der Waals surface area contributed by atoms with E-state index in [0.29, 0.717) is 0 Å². The Morgan fingerprint density at radius 3 is 0.925 bits per heavy atom. The van der Waals surface area contributed by atoms with Crippen molar-refractivity contribution in [3.05, 3.63) is 23.4 Å². The Kier molecular flexibility index (Phi) is 36.3. The van der Waals surface area contributed by atoms with Crippen molar-refractivity contribution in [2.24, 2.45) is 33.5 Å². The second-order valence-corrected chi connectivity index (χ2v) is 12.9. The molecule has 40 heavy (non-hydrogen) atoms. The first-order chi connectivity index (χ1) is 16.4. The standard InChI is InChI=1S/2C12H25NO2.CH3NO.CH2O2.CH4.2K.H2N/c2*1-8(11(2,3)4)9(12(5,6)7)15-10(13)14;2*2-1-3;;;;/h2*8-9H,1-7H3,(H2,13,14);1H,(H2,2,3);1H,(H,2,3);1H4;;;1H2/q;;;;;2*+1;-1/p-3/t2*8-,9?;;;;;;/m11....../s1/i;;2*1T;;;;. The average molecular weight is 633 g/mol. The summed E-state index contributed by atoms with van der Waals surface area (Å²) >= 11 is 0. The van der Waals surface area contributed by atoms with Crippen LogP contribution in [0, 0.1) is 33.5 Å². The molecule has 3 amide bonds. The van der Waals surface area contributed by atoms with E-state index in [-0.39, 0.29) is 162 Å². The molecule has 0 spiro atoms. The van der Waals surface area contributed by atoms with Crippen molar-refractivity contribution in [2.45, 2.75) is 117 Å². The third-order valence-electron chi connectivity index (χ3n) is 5.82. The number of ether oxygens (including phenoxy) is 2. The molecule has 0 heterocycles. The molecular formula is C27H58K2N4O7-2. The Hall–Kier alpha value is 0.713.